The molecule has 0 radical (unpaired) electrons. The van der Waals surface area contributed by atoms with Gasteiger partial charge in [0.25, 0.3) is 0 Å². The van der Waals surface area contributed by atoms with Crippen LogP contribution in [-0.4, -0.2) is 29.2 Å². The number of nitrogens with one attached hydrogen (secondary N) is 1. The maximum absolute atomic E-state index is 5.97. The Kier molecular flexibility index (Phi) is 5.15. The molecular weight excluding hydrogens is 238 g/mol. The number of anilines is 1. The Hall–Kier alpha value is -0.870. The summed E-state index contributed by atoms with van der Waals surface area (Å²) in [6.07, 6.45) is 1.83. The molecule has 0 aliphatic carbocycles. The molecule has 0 saturated heterocycles. The van der Waals surface area contributed by atoms with Crippen LogP contribution in [0.25, 0.3) is 0 Å². The number of methoxy groups -OCH3 is 1. The molecule has 0 fully saturated rings. The molecule has 5 heteroatoms. The van der Waals surface area contributed by atoms with Gasteiger partial charge in [0.05, 0.1) is 12.1 Å². The summed E-state index contributed by atoms with van der Waals surface area (Å²) in [5, 5.41) is 3.77. The lowest BCUT2D eigenvalue weighted by Gasteiger charge is -2.26. The van der Waals surface area contributed by atoms with Crippen molar-refractivity contribution in [1.82, 2.24) is 9.97 Å². The molecule has 0 aliphatic rings. The zero-order chi connectivity index (χ0) is 12.9. The van der Waals surface area contributed by atoms with Crippen LogP contribution in [0.3, 0.4) is 0 Å². The van der Waals surface area contributed by atoms with E-state index < -0.39 is 0 Å². The first-order valence-corrected chi connectivity index (χ1v) is 6.15. The molecule has 0 spiro atoms. The number of hydrogen-bond acceptors (Lipinski definition) is 4. The van der Waals surface area contributed by atoms with Gasteiger partial charge in [-0.1, -0.05) is 18.5 Å². The highest BCUT2D eigenvalue weighted by molar-refractivity contribution is 6.29. The molecule has 0 unspecified atom stereocenters. The SMILES string of the molecule is CCCc1nc(Cl)cc(NC(C)(C)COC)n1. The number of rotatable bonds is 6. The highest BCUT2D eigenvalue weighted by Gasteiger charge is 2.18. The van der Waals surface area contributed by atoms with E-state index in [1.54, 1.807) is 13.2 Å². The fourth-order valence-electron chi connectivity index (χ4n) is 1.61. The van der Waals surface area contributed by atoms with Crippen LogP contribution in [0, 0.1) is 0 Å². The minimum absolute atomic E-state index is 0.185. The second-order valence-corrected chi connectivity index (χ2v) is 5.07. The van der Waals surface area contributed by atoms with Gasteiger partial charge in [0.1, 0.15) is 16.8 Å². The molecule has 17 heavy (non-hydrogen) atoms. The number of halogens is 1. The molecule has 0 bridgehead atoms. The van der Waals surface area contributed by atoms with E-state index in [1.165, 1.54) is 0 Å². The predicted octanol–water partition coefficient (Wildman–Crippen LogP) is 2.92. The lowest BCUT2D eigenvalue weighted by molar-refractivity contribution is 0.158. The number of nitrogens with zero attached hydrogens (tertiary/aromatic N) is 2. The normalized spacial score (nSPS) is 11.6. The lowest BCUT2D eigenvalue weighted by atomic mass is 10.1. The second kappa shape index (κ2) is 6.17. The van der Waals surface area contributed by atoms with E-state index in [0.29, 0.717) is 11.8 Å². The van der Waals surface area contributed by atoms with Gasteiger partial charge < -0.3 is 10.1 Å². The lowest BCUT2D eigenvalue weighted by Crippen LogP contribution is -2.36. The van der Waals surface area contributed by atoms with Crippen LogP contribution in [0.2, 0.25) is 5.15 Å². The molecule has 1 aromatic rings. The highest BCUT2D eigenvalue weighted by Crippen LogP contribution is 2.17. The summed E-state index contributed by atoms with van der Waals surface area (Å²) in [7, 11) is 1.68. The van der Waals surface area contributed by atoms with Gasteiger partial charge in [-0.05, 0) is 20.3 Å². The minimum Gasteiger partial charge on any atom is -0.382 e. The third kappa shape index (κ3) is 4.88. The summed E-state index contributed by atoms with van der Waals surface area (Å²) in [4.78, 5) is 8.61. The summed E-state index contributed by atoms with van der Waals surface area (Å²) in [6.45, 7) is 6.78. The number of aromatic nitrogens is 2. The van der Waals surface area contributed by atoms with Gasteiger partial charge in [-0.2, -0.15) is 0 Å². The van der Waals surface area contributed by atoms with Gasteiger partial charge in [-0.3, -0.25) is 0 Å². The van der Waals surface area contributed by atoms with Crippen molar-refractivity contribution in [2.45, 2.75) is 39.2 Å². The first-order valence-electron chi connectivity index (χ1n) is 5.77. The molecule has 0 saturated carbocycles. The molecule has 1 rings (SSSR count). The molecule has 96 valence electrons. The van der Waals surface area contributed by atoms with E-state index in [1.807, 2.05) is 13.8 Å². The van der Waals surface area contributed by atoms with E-state index in [0.717, 1.165) is 24.5 Å². The van der Waals surface area contributed by atoms with Crippen molar-refractivity contribution in [2.24, 2.45) is 0 Å². The fraction of sp³-hybridized carbons (Fsp3) is 0.667. The Bertz CT molecular complexity index is 369. The van der Waals surface area contributed by atoms with Crippen molar-refractivity contribution in [2.75, 3.05) is 19.0 Å². The first kappa shape index (κ1) is 14.2. The van der Waals surface area contributed by atoms with Gasteiger partial charge in [0.2, 0.25) is 0 Å². The van der Waals surface area contributed by atoms with E-state index in [-0.39, 0.29) is 5.54 Å². The van der Waals surface area contributed by atoms with E-state index in [4.69, 9.17) is 16.3 Å². The Labute approximate surface area is 108 Å². The van der Waals surface area contributed by atoms with Crippen molar-refractivity contribution < 1.29 is 4.74 Å². The van der Waals surface area contributed by atoms with Crippen LogP contribution < -0.4 is 5.32 Å². The minimum atomic E-state index is -0.185. The Morgan fingerprint density at radius 3 is 2.71 bits per heavy atom. The van der Waals surface area contributed by atoms with Crippen molar-refractivity contribution in [3.05, 3.63) is 17.0 Å². The van der Waals surface area contributed by atoms with Gasteiger partial charge in [-0.15, -0.1) is 0 Å². The second-order valence-electron chi connectivity index (χ2n) is 4.68. The summed E-state index contributed by atoms with van der Waals surface area (Å²) < 4.78 is 5.15. The van der Waals surface area contributed by atoms with Gasteiger partial charge in [0, 0.05) is 19.6 Å². The monoisotopic (exact) mass is 257 g/mol. The van der Waals surface area contributed by atoms with Crippen molar-refractivity contribution in [3.63, 3.8) is 0 Å². The summed E-state index contributed by atoms with van der Waals surface area (Å²) in [6, 6.07) is 1.73. The zero-order valence-electron chi connectivity index (χ0n) is 10.9. The molecule has 0 amide bonds. The fourth-order valence-corrected chi connectivity index (χ4v) is 1.81. The quantitative estimate of drug-likeness (QED) is 0.796. The van der Waals surface area contributed by atoms with E-state index >= 15 is 0 Å². The summed E-state index contributed by atoms with van der Waals surface area (Å²) in [5.74, 6) is 1.52. The van der Waals surface area contributed by atoms with Crippen LogP contribution in [0.1, 0.15) is 33.0 Å². The molecule has 0 atom stereocenters. The smallest absolute Gasteiger partial charge is 0.134 e. The van der Waals surface area contributed by atoms with Gasteiger partial charge in [0.15, 0.2) is 0 Å². The van der Waals surface area contributed by atoms with E-state index in [2.05, 4.69) is 22.2 Å². The predicted molar refractivity (Wildman–Crippen MR) is 70.6 cm³/mol. The Morgan fingerprint density at radius 1 is 1.41 bits per heavy atom. The standard InChI is InChI=1S/C12H20ClN3O/c1-5-6-10-14-9(13)7-11(15-10)16-12(2,3)8-17-4/h7H,5-6,8H2,1-4H3,(H,14,15,16). The molecule has 1 heterocycles. The van der Waals surface area contributed by atoms with Crippen LogP contribution in [-0.2, 0) is 11.2 Å². The van der Waals surface area contributed by atoms with Crippen LogP contribution in [0.15, 0.2) is 6.07 Å². The zero-order valence-corrected chi connectivity index (χ0v) is 11.6. The number of hydrogen-bond donors (Lipinski definition) is 1. The molecule has 4 nitrogen and oxygen atoms in total. The topological polar surface area (TPSA) is 47.0 Å². The number of ether oxygens (including phenoxy) is 1. The van der Waals surface area contributed by atoms with E-state index in [9.17, 15) is 0 Å². The molecule has 0 aliphatic heterocycles. The van der Waals surface area contributed by atoms with Crippen molar-refractivity contribution in [3.8, 4) is 0 Å². The van der Waals surface area contributed by atoms with Gasteiger partial charge in [-0.25, -0.2) is 9.97 Å². The summed E-state index contributed by atoms with van der Waals surface area (Å²) >= 11 is 5.97. The maximum atomic E-state index is 5.97. The van der Waals surface area contributed by atoms with Crippen LogP contribution in [0.4, 0.5) is 5.82 Å². The largest absolute Gasteiger partial charge is 0.382 e. The van der Waals surface area contributed by atoms with Crippen LogP contribution >= 0.6 is 11.6 Å². The maximum Gasteiger partial charge on any atom is 0.134 e. The van der Waals surface area contributed by atoms with Crippen molar-refractivity contribution >= 4 is 17.4 Å². The Balaban J connectivity index is 2.83. The molecule has 0 aromatic carbocycles. The first-order chi connectivity index (χ1) is 7.96. The van der Waals surface area contributed by atoms with Crippen LogP contribution in [0.5, 0.6) is 0 Å². The molecule has 1 aromatic heterocycles. The molecular formula is C12H20ClN3O. The Morgan fingerprint density at radius 2 is 2.12 bits per heavy atom. The third-order valence-electron chi connectivity index (χ3n) is 2.19. The van der Waals surface area contributed by atoms with Crippen molar-refractivity contribution in [1.29, 1.82) is 0 Å². The molecule has 1 N–H and O–H groups in total. The van der Waals surface area contributed by atoms with Gasteiger partial charge >= 0.3 is 0 Å². The average Bonchev–Trinajstić information content (AvgIpc) is 2.15. The number of aryl methyl sites for hydroxylation is 1. The highest BCUT2D eigenvalue weighted by atomic mass is 35.5. The average molecular weight is 258 g/mol. The third-order valence-corrected chi connectivity index (χ3v) is 2.38. The summed E-state index contributed by atoms with van der Waals surface area (Å²) in [5.41, 5.74) is -0.185.